The molecule has 0 fully saturated rings. The number of sulfonamides is 1. The minimum atomic E-state index is -3.82. The largest absolute Gasteiger partial charge is 0.352 e. The summed E-state index contributed by atoms with van der Waals surface area (Å²) in [5.41, 5.74) is 3.41. The van der Waals surface area contributed by atoms with Gasteiger partial charge in [0.1, 0.15) is 5.82 Å². The van der Waals surface area contributed by atoms with E-state index in [-0.39, 0.29) is 23.0 Å². The molecule has 0 aliphatic rings. The van der Waals surface area contributed by atoms with Gasteiger partial charge < -0.3 is 5.32 Å². The molecule has 3 aromatic carbocycles. The average Bonchev–Trinajstić information content (AvgIpc) is 2.84. The third kappa shape index (κ3) is 6.05. The summed E-state index contributed by atoms with van der Waals surface area (Å²) in [6, 6.07) is 30.9. The van der Waals surface area contributed by atoms with Crippen LogP contribution in [0.4, 0.5) is 5.82 Å². The van der Waals surface area contributed by atoms with Gasteiger partial charge in [-0.15, -0.1) is 0 Å². The number of hydrogen-bond acceptors (Lipinski definition) is 4. The summed E-state index contributed by atoms with van der Waals surface area (Å²) in [4.78, 5) is 16.7. The topological polar surface area (TPSA) is 88.2 Å². The molecule has 0 spiro atoms. The van der Waals surface area contributed by atoms with E-state index in [9.17, 15) is 13.2 Å². The molecule has 0 radical (unpaired) electrons. The number of carbonyl (C=O) groups excluding carboxylic acids is 1. The second-order valence-electron chi connectivity index (χ2n) is 7.45. The third-order valence-corrected chi connectivity index (χ3v) is 6.36. The summed E-state index contributed by atoms with van der Waals surface area (Å²) in [7, 11) is -3.82. The first-order valence-corrected chi connectivity index (χ1v) is 11.9. The van der Waals surface area contributed by atoms with Crippen LogP contribution in [0.15, 0.2) is 108 Å². The number of amides is 1. The van der Waals surface area contributed by atoms with E-state index < -0.39 is 10.0 Å². The van der Waals surface area contributed by atoms with Crippen LogP contribution in [0.25, 0.3) is 11.1 Å². The normalized spacial score (nSPS) is 11.0. The molecule has 1 amide bonds. The number of hydrogen-bond donors (Lipinski definition) is 2. The van der Waals surface area contributed by atoms with E-state index >= 15 is 0 Å². The predicted octanol–water partition coefficient (Wildman–Crippen LogP) is 4.41. The van der Waals surface area contributed by atoms with Crippen molar-refractivity contribution in [2.24, 2.45) is 0 Å². The van der Waals surface area contributed by atoms with Crippen LogP contribution in [0.3, 0.4) is 0 Å². The minimum absolute atomic E-state index is 0.0498. The van der Waals surface area contributed by atoms with Crippen LogP contribution in [-0.2, 0) is 27.8 Å². The Morgan fingerprint density at radius 1 is 0.727 bits per heavy atom. The van der Waals surface area contributed by atoms with E-state index in [0.29, 0.717) is 12.2 Å². The summed E-state index contributed by atoms with van der Waals surface area (Å²) in [5, 5.41) is 2.84. The molecule has 0 aliphatic carbocycles. The Morgan fingerprint density at radius 2 is 1.36 bits per heavy atom. The lowest BCUT2D eigenvalue weighted by atomic mass is 10.1. The average molecular weight is 458 g/mol. The van der Waals surface area contributed by atoms with Gasteiger partial charge in [-0.25, -0.2) is 13.4 Å². The maximum absolute atomic E-state index is 12.8. The van der Waals surface area contributed by atoms with Crippen LogP contribution in [0, 0.1) is 0 Å². The third-order valence-electron chi connectivity index (χ3n) is 4.99. The van der Waals surface area contributed by atoms with Gasteiger partial charge in [0, 0.05) is 6.54 Å². The maximum Gasteiger partial charge on any atom is 0.263 e. The van der Waals surface area contributed by atoms with Crippen molar-refractivity contribution in [3.63, 3.8) is 0 Å². The van der Waals surface area contributed by atoms with Crippen LogP contribution < -0.4 is 10.0 Å². The number of nitrogens with one attached hydrogen (secondary N) is 2. The van der Waals surface area contributed by atoms with Crippen molar-refractivity contribution in [3.05, 3.63) is 114 Å². The highest BCUT2D eigenvalue weighted by Crippen LogP contribution is 2.22. The monoisotopic (exact) mass is 457 g/mol. The molecule has 166 valence electrons. The van der Waals surface area contributed by atoms with Crippen molar-refractivity contribution in [1.82, 2.24) is 10.3 Å². The van der Waals surface area contributed by atoms with Gasteiger partial charge in [0.05, 0.1) is 17.0 Å². The molecule has 0 atom stereocenters. The summed E-state index contributed by atoms with van der Waals surface area (Å²) < 4.78 is 28.1. The number of aromatic nitrogens is 1. The molecule has 0 bridgehead atoms. The molecule has 4 aromatic rings. The highest BCUT2D eigenvalue weighted by atomic mass is 32.2. The van der Waals surface area contributed by atoms with Crippen LogP contribution in [0.2, 0.25) is 0 Å². The molecular formula is C26H23N3O3S. The van der Waals surface area contributed by atoms with Gasteiger partial charge >= 0.3 is 0 Å². The molecule has 7 heteroatoms. The Bertz CT molecular complexity index is 1320. The summed E-state index contributed by atoms with van der Waals surface area (Å²) in [5.74, 6) is -0.0293. The molecule has 0 saturated heterocycles. The lowest BCUT2D eigenvalue weighted by molar-refractivity contribution is -0.120. The molecule has 6 nitrogen and oxygen atoms in total. The van der Waals surface area contributed by atoms with Crippen molar-refractivity contribution in [1.29, 1.82) is 0 Å². The molecule has 2 N–H and O–H groups in total. The summed E-state index contributed by atoms with van der Waals surface area (Å²) in [6.07, 6.45) is 0.0498. The summed E-state index contributed by atoms with van der Waals surface area (Å²) in [6.45, 7) is 0.422. The molecule has 0 saturated carbocycles. The molecule has 33 heavy (non-hydrogen) atoms. The van der Waals surface area contributed by atoms with Crippen molar-refractivity contribution < 1.29 is 13.2 Å². The van der Waals surface area contributed by atoms with E-state index in [1.54, 1.807) is 42.5 Å². The fourth-order valence-corrected chi connectivity index (χ4v) is 4.31. The number of rotatable bonds is 8. The number of anilines is 1. The Hall–Kier alpha value is -3.97. The zero-order chi connectivity index (χ0) is 23.1. The maximum atomic E-state index is 12.8. The van der Waals surface area contributed by atoms with Crippen molar-refractivity contribution >= 4 is 21.7 Å². The number of benzene rings is 3. The number of pyridine rings is 1. The quantitative estimate of drug-likeness (QED) is 0.410. The number of nitrogens with zero attached hydrogens (tertiary/aromatic N) is 1. The van der Waals surface area contributed by atoms with E-state index in [1.807, 2.05) is 60.7 Å². The first-order chi connectivity index (χ1) is 16.0. The molecular weight excluding hydrogens is 434 g/mol. The highest BCUT2D eigenvalue weighted by Gasteiger charge is 2.15. The second kappa shape index (κ2) is 10.1. The minimum Gasteiger partial charge on any atom is -0.352 e. The van der Waals surface area contributed by atoms with Gasteiger partial charge in [-0.3, -0.25) is 9.52 Å². The Kier molecular flexibility index (Phi) is 6.80. The fraction of sp³-hybridized carbons (Fsp3) is 0.0769. The smallest absolute Gasteiger partial charge is 0.263 e. The first-order valence-electron chi connectivity index (χ1n) is 10.4. The zero-order valence-electron chi connectivity index (χ0n) is 17.8. The van der Waals surface area contributed by atoms with E-state index in [2.05, 4.69) is 15.0 Å². The lowest BCUT2D eigenvalue weighted by Gasteiger charge is -2.10. The molecule has 1 heterocycles. The first kappa shape index (κ1) is 22.2. The van der Waals surface area contributed by atoms with Gasteiger partial charge in [0.25, 0.3) is 10.0 Å². The van der Waals surface area contributed by atoms with Crippen molar-refractivity contribution in [2.45, 2.75) is 17.9 Å². The number of carbonyl (C=O) groups is 1. The van der Waals surface area contributed by atoms with Crippen molar-refractivity contribution in [2.75, 3.05) is 4.72 Å². The van der Waals surface area contributed by atoms with Crippen LogP contribution >= 0.6 is 0 Å². The van der Waals surface area contributed by atoms with Gasteiger partial charge in [-0.05, 0) is 41.0 Å². The molecule has 0 aliphatic heterocycles. The zero-order valence-corrected chi connectivity index (χ0v) is 18.6. The predicted molar refractivity (Wildman–Crippen MR) is 129 cm³/mol. The van der Waals surface area contributed by atoms with Crippen LogP contribution in [0.5, 0.6) is 0 Å². The van der Waals surface area contributed by atoms with Gasteiger partial charge in [-0.2, -0.15) is 0 Å². The van der Waals surface area contributed by atoms with Crippen LogP contribution in [-0.4, -0.2) is 19.3 Å². The summed E-state index contributed by atoms with van der Waals surface area (Å²) >= 11 is 0. The molecule has 0 unspecified atom stereocenters. The fourth-order valence-electron chi connectivity index (χ4n) is 3.31. The lowest BCUT2D eigenvalue weighted by Crippen LogP contribution is -2.25. The van der Waals surface area contributed by atoms with E-state index in [1.165, 1.54) is 0 Å². The molecule has 4 rings (SSSR count). The second-order valence-corrected chi connectivity index (χ2v) is 9.13. The van der Waals surface area contributed by atoms with E-state index in [4.69, 9.17) is 0 Å². The SMILES string of the molecule is O=C(Cc1cccc(NS(=O)(=O)c2ccc(-c3ccccc3)cc2)n1)NCc1ccccc1. The van der Waals surface area contributed by atoms with Crippen molar-refractivity contribution in [3.8, 4) is 11.1 Å². The Balaban J connectivity index is 1.40. The van der Waals surface area contributed by atoms with Gasteiger partial charge in [-0.1, -0.05) is 78.9 Å². The Labute approximate surface area is 193 Å². The highest BCUT2D eigenvalue weighted by molar-refractivity contribution is 7.92. The van der Waals surface area contributed by atoms with Gasteiger partial charge in [0.2, 0.25) is 5.91 Å². The molecule has 1 aromatic heterocycles. The Morgan fingerprint density at radius 3 is 2.06 bits per heavy atom. The van der Waals surface area contributed by atoms with E-state index in [0.717, 1.165) is 16.7 Å². The van der Waals surface area contributed by atoms with Crippen LogP contribution in [0.1, 0.15) is 11.3 Å². The van der Waals surface area contributed by atoms with Gasteiger partial charge in [0.15, 0.2) is 0 Å². The standard InChI is InChI=1S/C26H23N3O3S/c30-26(27-19-20-8-3-1-4-9-20)18-23-12-7-13-25(28-23)29-33(31,32)24-16-14-22(15-17-24)21-10-5-2-6-11-21/h1-17H,18-19H2,(H,27,30)(H,28,29).